The van der Waals surface area contributed by atoms with E-state index in [2.05, 4.69) is 22.5 Å². The zero-order valence-corrected chi connectivity index (χ0v) is 16.4. The van der Waals surface area contributed by atoms with Crippen LogP contribution in [0.1, 0.15) is 36.5 Å². The summed E-state index contributed by atoms with van der Waals surface area (Å²) in [6.45, 7) is 3.49. The lowest BCUT2D eigenvalue weighted by atomic mass is 10.0. The molecule has 2 aromatic carbocycles. The van der Waals surface area contributed by atoms with Crippen molar-refractivity contribution in [3.8, 4) is 5.75 Å². The summed E-state index contributed by atoms with van der Waals surface area (Å²) in [5.41, 5.74) is 1.69. The number of ether oxygens (including phenoxy) is 1. The third-order valence-corrected chi connectivity index (χ3v) is 5.05. The molecule has 1 heterocycles. The normalized spacial score (nSPS) is 17.0. The van der Waals surface area contributed by atoms with Crippen molar-refractivity contribution in [2.45, 2.75) is 32.2 Å². The Labute approximate surface area is 165 Å². The molecule has 2 aromatic rings. The molecule has 0 spiro atoms. The maximum Gasteiger partial charge on any atom is 0.255 e. The zero-order chi connectivity index (χ0) is 19.9. The van der Waals surface area contributed by atoms with Gasteiger partial charge < -0.3 is 15.4 Å². The lowest BCUT2D eigenvalue weighted by molar-refractivity contribution is -0.118. The average molecular weight is 381 g/mol. The quantitative estimate of drug-likeness (QED) is 0.799. The maximum absolute atomic E-state index is 12.5. The molecule has 1 saturated heterocycles. The van der Waals surface area contributed by atoms with Crippen molar-refractivity contribution in [1.82, 2.24) is 4.90 Å². The Kier molecular flexibility index (Phi) is 6.66. The molecular formula is C22H27N3O3. The van der Waals surface area contributed by atoms with Gasteiger partial charge in [0, 0.05) is 17.3 Å². The van der Waals surface area contributed by atoms with Crippen molar-refractivity contribution in [2.75, 3.05) is 30.8 Å². The second kappa shape index (κ2) is 9.37. The second-order valence-electron chi connectivity index (χ2n) is 7.10. The molecule has 1 aliphatic rings. The molecular weight excluding hydrogens is 354 g/mol. The molecule has 0 aromatic heterocycles. The number of hydrogen-bond acceptors (Lipinski definition) is 4. The van der Waals surface area contributed by atoms with Crippen molar-refractivity contribution in [3.05, 3.63) is 54.1 Å². The lowest BCUT2D eigenvalue weighted by Crippen LogP contribution is -2.42. The minimum atomic E-state index is -0.232. The SMILES string of the molecule is COc1ccc(NC(=O)CN2CCCC[C@H]2C)cc1NC(=O)c1ccccc1. The Balaban J connectivity index is 1.68. The Morgan fingerprint density at radius 3 is 2.61 bits per heavy atom. The largest absolute Gasteiger partial charge is 0.495 e. The van der Waals surface area contributed by atoms with Crippen LogP contribution in [0, 0.1) is 0 Å². The summed E-state index contributed by atoms with van der Waals surface area (Å²) in [6, 6.07) is 14.6. The first-order valence-electron chi connectivity index (χ1n) is 9.65. The summed E-state index contributed by atoms with van der Waals surface area (Å²) in [7, 11) is 1.55. The van der Waals surface area contributed by atoms with Crippen LogP contribution in [0.3, 0.4) is 0 Å². The van der Waals surface area contributed by atoms with Crippen molar-refractivity contribution in [2.24, 2.45) is 0 Å². The standard InChI is InChI=1S/C22H27N3O3/c1-16-8-6-7-13-25(16)15-21(26)23-18-11-12-20(28-2)19(14-18)24-22(27)17-9-4-3-5-10-17/h3-5,9-12,14,16H,6-8,13,15H2,1-2H3,(H,23,26)(H,24,27)/t16-/m1/s1. The molecule has 2 N–H and O–H groups in total. The van der Waals surface area contributed by atoms with Gasteiger partial charge >= 0.3 is 0 Å². The summed E-state index contributed by atoms with van der Waals surface area (Å²) in [5.74, 6) is 0.246. The van der Waals surface area contributed by atoms with E-state index in [1.54, 1.807) is 37.4 Å². The summed E-state index contributed by atoms with van der Waals surface area (Å²) in [4.78, 5) is 27.1. The molecule has 0 saturated carbocycles. The van der Waals surface area contributed by atoms with Gasteiger partial charge in [0.15, 0.2) is 0 Å². The number of nitrogens with one attached hydrogen (secondary N) is 2. The molecule has 0 unspecified atom stereocenters. The maximum atomic E-state index is 12.5. The number of benzene rings is 2. The summed E-state index contributed by atoms with van der Waals surface area (Å²) >= 11 is 0. The number of methoxy groups -OCH3 is 1. The third kappa shape index (κ3) is 5.10. The number of nitrogens with zero attached hydrogens (tertiary/aromatic N) is 1. The molecule has 0 aliphatic carbocycles. The van der Waals surface area contributed by atoms with Crippen molar-refractivity contribution in [1.29, 1.82) is 0 Å². The molecule has 0 bridgehead atoms. The minimum absolute atomic E-state index is 0.0562. The molecule has 6 nitrogen and oxygen atoms in total. The third-order valence-electron chi connectivity index (χ3n) is 5.05. The van der Waals surface area contributed by atoms with Crippen LogP contribution in [0.5, 0.6) is 5.75 Å². The average Bonchev–Trinajstić information content (AvgIpc) is 2.70. The van der Waals surface area contributed by atoms with Gasteiger partial charge in [-0.3, -0.25) is 14.5 Å². The van der Waals surface area contributed by atoms with Gasteiger partial charge in [0.1, 0.15) is 5.75 Å². The van der Waals surface area contributed by atoms with E-state index in [-0.39, 0.29) is 11.8 Å². The predicted molar refractivity (Wildman–Crippen MR) is 111 cm³/mol. The minimum Gasteiger partial charge on any atom is -0.495 e. The molecule has 6 heteroatoms. The monoisotopic (exact) mass is 381 g/mol. The van der Waals surface area contributed by atoms with Gasteiger partial charge in [-0.15, -0.1) is 0 Å². The number of piperidine rings is 1. The Bertz CT molecular complexity index is 823. The Hall–Kier alpha value is -2.86. The Morgan fingerprint density at radius 1 is 1.11 bits per heavy atom. The second-order valence-corrected chi connectivity index (χ2v) is 7.10. The van der Waals surface area contributed by atoms with E-state index in [4.69, 9.17) is 4.74 Å². The van der Waals surface area contributed by atoms with Gasteiger partial charge in [-0.05, 0) is 56.6 Å². The highest BCUT2D eigenvalue weighted by atomic mass is 16.5. The molecule has 28 heavy (non-hydrogen) atoms. The number of rotatable bonds is 6. The highest BCUT2D eigenvalue weighted by molar-refractivity contribution is 6.05. The molecule has 1 atom stereocenters. The highest BCUT2D eigenvalue weighted by Gasteiger charge is 2.20. The number of carbonyl (C=O) groups is 2. The fourth-order valence-corrected chi connectivity index (χ4v) is 3.44. The van der Waals surface area contributed by atoms with E-state index in [1.165, 1.54) is 6.42 Å². The van der Waals surface area contributed by atoms with Gasteiger partial charge in [-0.1, -0.05) is 24.6 Å². The van der Waals surface area contributed by atoms with E-state index in [0.717, 1.165) is 19.4 Å². The molecule has 0 radical (unpaired) electrons. The first kappa shape index (κ1) is 19.9. The van der Waals surface area contributed by atoms with Crippen LogP contribution in [0.4, 0.5) is 11.4 Å². The summed E-state index contributed by atoms with van der Waals surface area (Å²) < 4.78 is 5.34. The first-order chi connectivity index (χ1) is 13.6. The molecule has 1 aliphatic heterocycles. The smallest absolute Gasteiger partial charge is 0.255 e. The molecule has 2 amide bonds. The topological polar surface area (TPSA) is 70.7 Å². The van der Waals surface area contributed by atoms with E-state index < -0.39 is 0 Å². The van der Waals surface area contributed by atoms with Crippen molar-refractivity contribution >= 4 is 23.2 Å². The number of likely N-dealkylation sites (tertiary alicyclic amines) is 1. The van der Waals surface area contributed by atoms with E-state index >= 15 is 0 Å². The van der Waals surface area contributed by atoms with Crippen LogP contribution in [0.2, 0.25) is 0 Å². The number of amides is 2. The predicted octanol–water partition coefficient (Wildman–Crippen LogP) is 3.76. The van der Waals surface area contributed by atoms with Crippen molar-refractivity contribution < 1.29 is 14.3 Å². The van der Waals surface area contributed by atoms with E-state index in [1.807, 2.05) is 18.2 Å². The van der Waals surface area contributed by atoms with Crippen LogP contribution < -0.4 is 15.4 Å². The van der Waals surface area contributed by atoms with Crippen LogP contribution in [0.15, 0.2) is 48.5 Å². The van der Waals surface area contributed by atoms with Gasteiger partial charge in [0.05, 0.1) is 19.3 Å². The number of hydrogen-bond donors (Lipinski definition) is 2. The molecule has 1 fully saturated rings. The molecule has 148 valence electrons. The molecule has 3 rings (SSSR count). The van der Waals surface area contributed by atoms with Crippen molar-refractivity contribution in [3.63, 3.8) is 0 Å². The van der Waals surface area contributed by atoms with Gasteiger partial charge in [-0.2, -0.15) is 0 Å². The first-order valence-corrected chi connectivity index (χ1v) is 9.65. The van der Waals surface area contributed by atoms with Gasteiger partial charge in [0.25, 0.3) is 5.91 Å². The van der Waals surface area contributed by atoms with Gasteiger partial charge in [-0.25, -0.2) is 0 Å². The van der Waals surface area contributed by atoms with Crippen LogP contribution in [0.25, 0.3) is 0 Å². The van der Waals surface area contributed by atoms with Gasteiger partial charge in [0.2, 0.25) is 5.91 Å². The fourth-order valence-electron chi connectivity index (χ4n) is 3.44. The number of anilines is 2. The fraction of sp³-hybridized carbons (Fsp3) is 0.364. The van der Waals surface area contributed by atoms with E-state index in [0.29, 0.717) is 35.3 Å². The van der Waals surface area contributed by atoms with Crippen LogP contribution >= 0.6 is 0 Å². The zero-order valence-electron chi connectivity index (χ0n) is 16.4. The summed E-state index contributed by atoms with van der Waals surface area (Å²) in [5, 5.41) is 5.78. The highest BCUT2D eigenvalue weighted by Crippen LogP contribution is 2.28. The summed E-state index contributed by atoms with van der Waals surface area (Å²) in [6.07, 6.45) is 3.49. The van der Waals surface area contributed by atoms with E-state index in [9.17, 15) is 9.59 Å². The number of carbonyl (C=O) groups excluding carboxylic acids is 2. The van der Waals surface area contributed by atoms with Crippen LogP contribution in [-0.4, -0.2) is 43.0 Å². The van der Waals surface area contributed by atoms with Crippen LogP contribution in [-0.2, 0) is 4.79 Å². The lowest BCUT2D eigenvalue weighted by Gasteiger charge is -2.32. The Morgan fingerprint density at radius 2 is 1.89 bits per heavy atom.